The van der Waals surface area contributed by atoms with Gasteiger partial charge < -0.3 is 9.84 Å². The van der Waals surface area contributed by atoms with Crippen LogP contribution < -0.4 is 4.74 Å². The zero-order chi connectivity index (χ0) is 14.3. The van der Waals surface area contributed by atoms with Gasteiger partial charge in [-0.1, -0.05) is 33.1 Å². The van der Waals surface area contributed by atoms with Crippen LogP contribution in [0.3, 0.4) is 0 Å². The molecular formula is C15H22Br2O2. The molecule has 0 fully saturated rings. The van der Waals surface area contributed by atoms with Gasteiger partial charge in [0.25, 0.3) is 0 Å². The molecule has 19 heavy (non-hydrogen) atoms. The van der Waals surface area contributed by atoms with E-state index in [1.807, 2.05) is 12.1 Å². The molecule has 108 valence electrons. The van der Waals surface area contributed by atoms with Gasteiger partial charge in [0.2, 0.25) is 0 Å². The lowest BCUT2D eigenvalue weighted by Gasteiger charge is -2.17. The van der Waals surface area contributed by atoms with E-state index in [1.54, 1.807) is 0 Å². The largest absolute Gasteiger partial charge is 0.491 e. The molecule has 0 heterocycles. The summed E-state index contributed by atoms with van der Waals surface area (Å²) in [4.78, 5) is 0. The third kappa shape index (κ3) is 5.44. The van der Waals surface area contributed by atoms with E-state index in [0.717, 1.165) is 33.3 Å². The summed E-state index contributed by atoms with van der Waals surface area (Å²) in [6, 6.07) is 3.79. The van der Waals surface area contributed by atoms with Crippen LogP contribution in [0.2, 0.25) is 0 Å². The maximum absolute atomic E-state index is 9.15. The van der Waals surface area contributed by atoms with Crippen molar-refractivity contribution in [2.45, 2.75) is 46.1 Å². The zero-order valence-corrected chi connectivity index (χ0v) is 14.8. The fraction of sp³-hybridized carbons (Fsp3) is 0.600. The summed E-state index contributed by atoms with van der Waals surface area (Å²) in [6.45, 7) is 5.20. The smallest absolute Gasteiger partial charge is 0.147 e. The first kappa shape index (κ1) is 17.0. The number of hydrogen-bond acceptors (Lipinski definition) is 2. The summed E-state index contributed by atoms with van der Waals surface area (Å²) < 4.78 is 7.71. The molecule has 2 nitrogen and oxygen atoms in total. The highest BCUT2D eigenvalue weighted by molar-refractivity contribution is 9.11. The SMILES string of the molecule is CCCCC(CC)COc1c(Br)cc(CO)cc1Br. The van der Waals surface area contributed by atoms with E-state index in [-0.39, 0.29) is 6.61 Å². The predicted molar refractivity (Wildman–Crippen MR) is 86.6 cm³/mol. The van der Waals surface area contributed by atoms with Crippen LogP contribution in [0, 0.1) is 5.92 Å². The van der Waals surface area contributed by atoms with E-state index in [4.69, 9.17) is 9.84 Å². The highest BCUT2D eigenvalue weighted by Crippen LogP contribution is 2.35. The second-order valence-electron chi connectivity index (χ2n) is 4.77. The molecule has 0 saturated carbocycles. The lowest BCUT2D eigenvalue weighted by molar-refractivity contribution is 0.230. The van der Waals surface area contributed by atoms with E-state index in [2.05, 4.69) is 45.7 Å². The molecule has 0 aliphatic carbocycles. The molecule has 1 aromatic carbocycles. The number of benzene rings is 1. The maximum Gasteiger partial charge on any atom is 0.147 e. The van der Waals surface area contributed by atoms with Gasteiger partial charge in [0, 0.05) is 0 Å². The molecule has 0 aliphatic heterocycles. The second-order valence-corrected chi connectivity index (χ2v) is 6.48. The first-order valence-electron chi connectivity index (χ1n) is 6.83. The van der Waals surface area contributed by atoms with Crippen LogP contribution in [0.25, 0.3) is 0 Å². The van der Waals surface area contributed by atoms with Crippen molar-refractivity contribution in [3.8, 4) is 5.75 Å². The van der Waals surface area contributed by atoms with E-state index in [9.17, 15) is 0 Å². The van der Waals surface area contributed by atoms with Crippen molar-refractivity contribution in [3.63, 3.8) is 0 Å². The van der Waals surface area contributed by atoms with Gasteiger partial charge in [0.05, 0.1) is 22.2 Å². The summed E-state index contributed by atoms with van der Waals surface area (Å²) in [7, 11) is 0. The average Bonchev–Trinajstić information content (AvgIpc) is 2.40. The van der Waals surface area contributed by atoms with Crippen molar-refractivity contribution in [2.75, 3.05) is 6.61 Å². The van der Waals surface area contributed by atoms with E-state index in [0.29, 0.717) is 5.92 Å². The second kappa shape index (κ2) is 8.98. The van der Waals surface area contributed by atoms with Crippen molar-refractivity contribution in [3.05, 3.63) is 26.6 Å². The van der Waals surface area contributed by atoms with Gasteiger partial charge in [-0.15, -0.1) is 0 Å². The number of halogens is 2. The highest BCUT2D eigenvalue weighted by Gasteiger charge is 2.12. The molecule has 1 aromatic rings. The summed E-state index contributed by atoms with van der Waals surface area (Å²) in [6.07, 6.45) is 4.85. The van der Waals surface area contributed by atoms with Crippen molar-refractivity contribution >= 4 is 31.9 Å². The summed E-state index contributed by atoms with van der Waals surface area (Å²) in [5.74, 6) is 1.43. The normalized spacial score (nSPS) is 12.5. The van der Waals surface area contributed by atoms with Gasteiger partial charge in [0.1, 0.15) is 5.75 Å². The number of ether oxygens (including phenoxy) is 1. The Balaban J connectivity index is 2.66. The molecule has 0 saturated heterocycles. The van der Waals surface area contributed by atoms with Gasteiger partial charge in [-0.05, 0) is 61.9 Å². The Morgan fingerprint density at radius 3 is 2.32 bits per heavy atom. The van der Waals surface area contributed by atoms with Crippen LogP contribution in [0.5, 0.6) is 5.75 Å². The molecule has 1 N–H and O–H groups in total. The Morgan fingerprint density at radius 2 is 1.84 bits per heavy atom. The molecule has 0 aromatic heterocycles. The molecule has 1 rings (SSSR count). The monoisotopic (exact) mass is 392 g/mol. The van der Waals surface area contributed by atoms with Crippen LogP contribution in [0.1, 0.15) is 45.1 Å². The highest BCUT2D eigenvalue weighted by atomic mass is 79.9. The minimum atomic E-state index is 0.0333. The Kier molecular flexibility index (Phi) is 8.03. The first-order chi connectivity index (χ1) is 9.12. The summed E-state index contributed by atoms with van der Waals surface area (Å²) >= 11 is 6.99. The topological polar surface area (TPSA) is 29.5 Å². The minimum absolute atomic E-state index is 0.0333. The third-order valence-corrected chi connectivity index (χ3v) is 4.43. The average molecular weight is 394 g/mol. The molecule has 0 spiro atoms. The third-order valence-electron chi connectivity index (χ3n) is 3.25. The fourth-order valence-electron chi connectivity index (χ4n) is 1.94. The Morgan fingerprint density at radius 1 is 1.21 bits per heavy atom. The molecule has 0 amide bonds. The lowest BCUT2D eigenvalue weighted by atomic mass is 10.0. The van der Waals surface area contributed by atoms with Crippen LogP contribution in [0.4, 0.5) is 0 Å². The van der Waals surface area contributed by atoms with Gasteiger partial charge in [-0.2, -0.15) is 0 Å². The zero-order valence-electron chi connectivity index (χ0n) is 11.6. The number of aliphatic hydroxyl groups excluding tert-OH is 1. The van der Waals surface area contributed by atoms with Crippen LogP contribution >= 0.6 is 31.9 Å². The van der Waals surface area contributed by atoms with Crippen LogP contribution in [-0.4, -0.2) is 11.7 Å². The van der Waals surface area contributed by atoms with E-state index < -0.39 is 0 Å². The Labute approximate surface area is 132 Å². The van der Waals surface area contributed by atoms with Crippen LogP contribution in [-0.2, 0) is 6.61 Å². The standard InChI is InChI=1S/C15H22Br2O2/c1-3-5-6-11(4-2)10-19-15-13(16)7-12(9-18)8-14(15)17/h7-8,11,18H,3-6,9-10H2,1-2H3. The number of rotatable bonds is 8. The lowest BCUT2D eigenvalue weighted by Crippen LogP contribution is -2.12. The minimum Gasteiger partial charge on any atom is -0.491 e. The maximum atomic E-state index is 9.15. The van der Waals surface area contributed by atoms with Gasteiger partial charge in [0.15, 0.2) is 0 Å². The van der Waals surface area contributed by atoms with E-state index in [1.165, 1.54) is 19.3 Å². The molecule has 1 unspecified atom stereocenters. The first-order valence-corrected chi connectivity index (χ1v) is 8.42. The van der Waals surface area contributed by atoms with Crippen molar-refractivity contribution < 1.29 is 9.84 Å². The quantitative estimate of drug-likeness (QED) is 0.649. The molecule has 0 radical (unpaired) electrons. The van der Waals surface area contributed by atoms with Gasteiger partial charge >= 0.3 is 0 Å². The number of hydrogen-bond donors (Lipinski definition) is 1. The van der Waals surface area contributed by atoms with E-state index >= 15 is 0 Å². The van der Waals surface area contributed by atoms with Crippen molar-refractivity contribution in [1.82, 2.24) is 0 Å². The summed E-state index contributed by atoms with van der Waals surface area (Å²) in [5.41, 5.74) is 0.865. The predicted octanol–water partition coefficient (Wildman–Crippen LogP) is 5.30. The van der Waals surface area contributed by atoms with Gasteiger partial charge in [-0.3, -0.25) is 0 Å². The Bertz CT molecular complexity index is 371. The number of aliphatic hydroxyl groups is 1. The molecular weight excluding hydrogens is 372 g/mol. The molecule has 4 heteroatoms. The number of unbranched alkanes of at least 4 members (excludes halogenated alkanes) is 1. The Hall–Kier alpha value is -0.0600. The van der Waals surface area contributed by atoms with Crippen LogP contribution in [0.15, 0.2) is 21.1 Å². The summed E-state index contributed by atoms with van der Waals surface area (Å²) in [5, 5.41) is 9.15. The van der Waals surface area contributed by atoms with Crippen molar-refractivity contribution in [2.24, 2.45) is 5.92 Å². The molecule has 1 atom stereocenters. The molecule has 0 aliphatic rings. The fourth-order valence-corrected chi connectivity index (χ4v) is 3.45. The van der Waals surface area contributed by atoms with Gasteiger partial charge in [-0.25, -0.2) is 0 Å². The van der Waals surface area contributed by atoms with Crippen molar-refractivity contribution in [1.29, 1.82) is 0 Å². The molecule has 0 bridgehead atoms.